The molecule has 21 heavy (non-hydrogen) atoms. The predicted octanol–water partition coefficient (Wildman–Crippen LogP) is -0.425. The van der Waals surface area contributed by atoms with Crippen LogP contribution in [-0.4, -0.2) is 30.0 Å². The van der Waals surface area contributed by atoms with Gasteiger partial charge in [0.1, 0.15) is 5.72 Å². The van der Waals surface area contributed by atoms with Crippen LogP contribution in [0.1, 0.15) is 40.5 Å². The van der Waals surface area contributed by atoms with Gasteiger partial charge in [0.15, 0.2) is 0 Å². The van der Waals surface area contributed by atoms with Crippen molar-refractivity contribution in [3.63, 3.8) is 0 Å². The van der Waals surface area contributed by atoms with Crippen LogP contribution in [0.5, 0.6) is 0 Å². The molecule has 0 aromatic heterocycles. The number of carbonyl (C=O) groups excluding carboxylic acids is 2. The van der Waals surface area contributed by atoms with Crippen LogP contribution in [-0.2, 0) is 9.57 Å². The van der Waals surface area contributed by atoms with Crippen molar-refractivity contribution in [2.24, 2.45) is 11.7 Å². The Morgan fingerprint density at radius 3 is 2.14 bits per heavy atom. The summed E-state index contributed by atoms with van der Waals surface area (Å²) in [6, 6.07) is -1.18. The molecule has 0 aliphatic carbocycles. The second kappa shape index (κ2) is 8.62. The highest BCUT2D eigenvalue weighted by molar-refractivity contribution is 5.73. The number of carbonyl (C=O) groups is 2. The molecule has 0 aromatic rings. The SMILES string of the molecule is CCC(C)(NC(=O)NN)OCCC(C)(C)ONC(=O)NN. The molecule has 1 atom stereocenters. The number of hydroxylamine groups is 1. The summed E-state index contributed by atoms with van der Waals surface area (Å²) in [6.45, 7) is 7.45. The number of urea groups is 2. The fourth-order valence-corrected chi connectivity index (χ4v) is 1.29. The lowest BCUT2D eigenvalue weighted by Gasteiger charge is -2.31. The van der Waals surface area contributed by atoms with Crippen molar-refractivity contribution >= 4 is 12.1 Å². The number of nitrogens with one attached hydrogen (secondary N) is 4. The standard InChI is InChI=1S/C11H26N6O4/c1-5-11(4,14-8(18)15-12)20-7-6-10(2,3)21-17-9(19)16-13/h5-7,12-13H2,1-4H3,(H2,14,15,18)(H2,16,17,19). The van der Waals surface area contributed by atoms with E-state index >= 15 is 0 Å². The van der Waals surface area contributed by atoms with E-state index in [0.29, 0.717) is 19.4 Å². The zero-order valence-corrected chi connectivity index (χ0v) is 12.9. The molecule has 4 amide bonds. The van der Waals surface area contributed by atoms with Crippen LogP contribution >= 0.6 is 0 Å². The number of hydrogen-bond acceptors (Lipinski definition) is 6. The second-order valence-corrected chi connectivity index (χ2v) is 5.22. The van der Waals surface area contributed by atoms with Crippen LogP contribution in [0.15, 0.2) is 0 Å². The minimum Gasteiger partial charge on any atom is -0.356 e. The lowest BCUT2D eigenvalue weighted by atomic mass is 10.1. The minimum atomic E-state index is -0.846. The van der Waals surface area contributed by atoms with Gasteiger partial charge < -0.3 is 10.1 Å². The molecule has 0 radical (unpaired) electrons. The Morgan fingerprint density at radius 1 is 1.10 bits per heavy atom. The molecular weight excluding hydrogens is 280 g/mol. The molecule has 124 valence electrons. The normalized spacial score (nSPS) is 14.0. The largest absolute Gasteiger partial charge is 0.356 e. The first-order chi connectivity index (χ1) is 9.68. The van der Waals surface area contributed by atoms with Crippen molar-refractivity contribution in [1.29, 1.82) is 0 Å². The summed E-state index contributed by atoms with van der Waals surface area (Å²) in [7, 11) is 0. The molecule has 0 heterocycles. The summed E-state index contributed by atoms with van der Waals surface area (Å²) < 4.78 is 5.66. The van der Waals surface area contributed by atoms with Crippen LogP contribution in [0.25, 0.3) is 0 Å². The Morgan fingerprint density at radius 2 is 1.67 bits per heavy atom. The van der Waals surface area contributed by atoms with E-state index in [1.165, 1.54) is 0 Å². The summed E-state index contributed by atoms with van der Waals surface area (Å²) >= 11 is 0. The zero-order chi connectivity index (χ0) is 16.5. The summed E-state index contributed by atoms with van der Waals surface area (Å²) in [6.07, 6.45) is 1.02. The number of nitrogens with two attached hydrogens (primary N) is 2. The Balaban J connectivity index is 4.24. The van der Waals surface area contributed by atoms with E-state index in [4.69, 9.17) is 21.3 Å². The fraction of sp³-hybridized carbons (Fsp3) is 0.818. The molecule has 0 aliphatic rings. The molecule has 10 heteroatoms. The molecule has 8 N–H and O–H groups in total. The molecule has 10 nitrogen and oxygen atoms in total. The molecule has 0 aromatic carbocycles. The smallest absolute Gasteiger partial charge is 0.352 e. The van der Waals surface area contributed by atoms with Crippen molar-refractivity contribution in [1.82, 2.24) is 21.6 Å². The lowest BCUT2D eigenvalue weighted by Crippen LogP contribution is -2.53. The first kappa shape index (κ1) is 19.4. The molecule has 0 spiro atoms. The van der Waals surface area contributed by atoms with E-state index in [2.05, 4.69) is 10.8 Å². The van der Waals surface area contributed by atoms with Gasteiger partial charge in [-0.05, 0) is 27.2 Å². The third-order valence-corrected chi connectivity index (χ3v) is 2.86. The fourth-order valence-electron chi connectivity index (χ4n) is 1.29. The van der Waals surface area contributed by atoms with Crippen molar-refractivity contribution in [2.75, 3.05) is 6.61 Å². The monoisotopic (exact) mass is 306 g/mol. The summed E-state index contributed by atoms with van der Waals surface area (Å²) in [5.74, 6) is 9.93. The van der Waals surface area contributed by atoms with Crippen molar-refractivity contribution in [3.8, 4) is 0 Å². The van der Waals surface area contributed by atoms with Crippen LogP contribution in [0, 0.1) is 0 Å². The third-order valence-electron chi connectivity index (χ3n) is 2.86. The van der Waals surface area contributed by atoms with E-state index in [1.807, 2.05) is 17.8 Å². The van der Waals surface area contributed by atoms with Gasteiger partial charge in [-0.25, -0.2) is 26.8 Å². The van der Waals surface area contributed by atoms with Gasteiger partial charge in [-0.1, -0.05) is 6.92 Å². The summed E-state index contributed by atoms with van der Waals surface area (Å²) in [5, 5.41) is 2.60. The highest BCUT2D eigenvalue weighted by Gasteiger charge is 2.27. The second-order valence-electron chi connectivity index (χ2n) is 5.22. The number of ether oxygens (including phenoxy) is 1. The first-order valence-electron chi connectivity index (χ1n) is 6.55. The van der Waals surface area contributed by atoms with E-state index in [9.17, 15) is 9.59 Å². The molecule has 0 saturated carbocycles. The Hall–Kier alpha value is -1.62. The van der Waals surface area contributed by atoms with Crippen molar-refractivity contribution < 1.29 is 19.2 Å². The maximum atomic E-state index is 11.2. The Bertz CT molecular complexity index is 352. The van der Waals surface area contributed by atoms with Gasteiger partial charge >= 0.3 is 12.1 Å². The molecule has 0 rings (SSSR count). The highest BCUT2D eigenvalue weighted by Crippen LogP contribution is 2.17. The number of hydrazine groups is 2. The van der Waals surface area contributed by atoms with Crippen LogP contribution in [0.4, 0.5) is 9.59 Å². The molecule has 0 aliphatic heterocycles. The number of amides is 4. The lowest BCUT2D eigenvalue weighted by molar-refractivity contribution is -0.107. The first-order valence-corrected chi connectivity index (χ1v) is 6.55. The topological polar surface area (TPSA) is 153 Å². The predicted molar refractivity (Wildman–Crippen MR) is 76.1 cm³/mol. The minimum absolute atomic E-state index is 0.300. The Kier molecular flexibility index (Phi) is 7.95. The van der Waals surface area contributed by atoms with Crippen LogP contribution in [0.3, 0.4) is 0 Å². The molecular formula is C11H26N6O4. The highest BCUT2D eigenvalue weighted by atomic mass is 16.7. The van der Waals surface area contributed by atoms with Gasteiger partial charge in [-0.15, -0.1) is 0 Å². The van der Waals surface area contributed by atoms with Crippen LogP contribution < -0.4 is 33.3 Å². The van der Waals surface area contributed by atoms with Crippen LogP contribution in [0.2, 0.25) is 0 Å². The molecule has 0 bridgehead atoms. The molecule has 0 fully saturated rings. The number of hydrogen-bond donors (Lipinski definition) is 6. The Labute approximate surface area is 124 Å². The maximum Gasteiger partial charge on any atom is 0.352 e. The number of rotatable bonds is 8. The zero-order valence-electron chi connectivity index (χ0n) is 12.9. The average molecular weight is 306 g/mol. The molecule has 0 saturated heterocycles. The average Bonchev–Trinajstić information content (AvgIpc) is 2.44. The van der Waals surface area contributed by atoms with Gasteiger partial charge in [-0.2, -0.15) is 0 Å². The van der Waals surface area contributed by atoms with Gasteiger partial charge in [0.25, 0.3) is 0 Å². The van der Waals surface area contributed by atoms with E-state index in [0.717, 1.165) is 0 Å². The van der Waals surface area contributed by atoms with Gasteiger partial charge in [0, 0.05) is 6.42 Å². The van der Waals surface area contributed by atoms with Crippen molar-refractivity contribution in [2.45, 2.75) is 51.9 Å². The van der Waals surface area contributed by atoms with Gasteiger partial charge in [0.2, 0.25) is 0 Å². The third kappa shape index (κ3) is 8.30. The van der Waals surface area contributed by atoms with E-state index < -0.39 is 23.4 Å². The van der Waals surface area contributed by atoms with Crippen molar-refractivity contribution in [3.05, 3.63) is 0 Å². The van der Waals surface area contributed by atoms with Gasteiger partial charge in [-0.3, -0.25) is 15.7 Å². The maximum absolute atomic E-state index is 11.2. The summed E-state index contributed by atoms with van der Waals surface area (Å²) in [4.78, 5) is 27.4. The molecule has 1 unspecified atom stereocenters. The summed E-state index contributed by atoms with van der Waals surface area (Å²) in [5.41, 5.74) is 4.50. The quantitative estimate of drug-likeness (QED) is 0.155. The van der Waals surface area contributed by atoms with Gasteiger partial charge in [0.05, 0.1) is 12.2 Å². The van der Waals surface area contributed by atoms with E-state index in [1.54, 1.807) is 20.8 Å². The van der Waals surface area contributed by atoms with E-state index in [-0.39, 0.29) is 0 Å².